The van der Waals surface area contributed by atoms with Gasteiger partial charge in [-0.05, 0) is 6.92 Å². The van der Waals surface area contributed by atoms with Gasteiger partial charge in [-0.2, -0.15) is 5.26 Å². The zero-order chi connectivity index (χ0) is 13.3. The van der Waals surface area contributed by atoms with Crippen LogP contribution in [0.15, 0.2) is 11.8 Å². The molecule has 0 aliphatic carbocycles. The van der Waals surface area contributed by atoms with E-state index in [1.165, 1.54) is 6.20 Å². The fourth-order valence-electron chi connectivity index (χ4n) is 0.858. The summed E-state index contributed by atoms with van der Waals surface area (Å²) in [5, 5.41) is 30.9. The van der Waals surface area contributed by atoms with Gasteiger partial charge in [0.25, 0.3) is 5.91 Å². The third-order valence-corrected chi connectivity index (χ3v) is 1.65. The number of amides is 1. The van der Waals surface area contributed by atoms with Gasteiger partial charge in [-0.15, -0.1) is 0 Å². The molecule has 17 heavy (non-hydrogen) atoms. The van der Waals surface area contributed by atoms with Crippen molar-refractivity contribution in [3.05, 3.63) is 11.8 Å². The van der Waals surface area contributed by atoms with Crippen molar-refractivity contribution in [2.75, 3.05) is 13.1 Å². The number of aliphatic hydroxyl groups excluding tert-OH is 1. The smallest absolute Gasteiger partial charge is 0.305 e. The van der Waals surface area contributed by atoms with Crippen molar-refractivity contribution >= 4 is 11.9 Å². The summed E-state index contributed by atoms with van der Waals surface area (Å²) in [6, 6.07) is 1.67. The molecule has 0 aromatic carbocycles. The van der Waals surface area contributed by atoms with E-state index in [1.807, 2.05) is 0 Å². The van der Waals surface area contributed by atoms with E-state index in [0.29, 0.717) is 0 Å². The third kappa shape index (κ3) is 7.81. The Labute approximate surface area is 98.7 Å². The fourth-order valence-corrected chi connectivity index (χ4v) is 0.858. The number of nitriles is 1. The molecule has 0 rings (SSSR count). The van der Waals surface area contributed by atoms with Crippen molar-refractivity contribution in [3.63, 3.8) is 0 Å². The van der Waals surface area contributed by atoms with Gasteiger partial charge in [0.1, 0.15) is 11.6 Å². The number of hydrogen-bond acceptors (Lipinski definition) is 5. The van der Waals surface area contributed by atoms with Gasteiger partial charge >= 0.3 is 5.97 Å². The molecule has 0 bridgehead atoms. The van der Waals surface area contributed by atoms with E-state index < -0.39 is 18.0 Å². The van der Waals surface area contributed by atoms with Crippen molar-refractivity contribution in [2.24, 2.45) is 0 Å². The number of carbonyl (C=O) groups is 2. The molecule has 0 aromatic heterocycles. The molecule has 0 fully saturated rings. The van der Waals surface area contributed by atoms with Crippen LogP contribution in [0.5, 0.6) is 0 Å². The number of carboxylic acid groups (broad SMARTS) is 1. The van der Waals surface area contributed by atoms with Gasteiger partial charge in [-0.25, -0.2) is 0 Å². The molecule has 7 nitrogen and oxygen atoms in total. The van der Waals surface area contributed by atoms with E-state index in [-0.39, 0.29) is 25.1 Å². The van der Waals surface area contributed by atoms with E-state index >= 15 is 0 Å². The number of hydrogen-bond donors (Lipinski definition) is 4. The third-order valence-electron chi connectivity index (χ3n) is 1.65. The molecule has 0 saturated heterocycles. The van der Waals surface area contributed by atoms with E-state index in [9.17, 15) is 9.59 Å². The number of aliphatic hydroxyl groups is 1. The van der Waals surface area contributed by atoms with Gasteiger partial charge in [0.05, 0.1) is 12.5 Å². The average Bonchev–Trinajstić information content (AvgIpc) is 2.23. The Kier molecular flexibility index (Phi) is 7.14. The van der Waals surface area contributed by atoms with E-state index in [2.05, 4.69) is 10.6 Å². The standard InChI is InChI=1S/C10H15N3O4/c1-7(14)5-12-6-8(4-11)10(17)13-3-2-9(15)16/h6-7,12,14H,2-3,5H2,1H3,(H,13,17)(H,15,16)/b8-6-. The highest BCUT2D eigenvalue weighted by Gasteiger charge is 2.08. The summed E-state index contributed by atoms with van der Waals surface area (Å²) in [6.45, 7) is 1.73. The van der Waals surface area contributed by atoms with Crippen molar-refractivity contribution in [2.45, 2.75) is 19.4 Å². The van der Waals surface area contributed by atoms with Crippen LogP contribution in [-0.2, 0) is 9.59 Å². The average molecular weight is 241 g/mol. The molecule has 1 unspecified atom stereocenters. The number of nitrogens with zero attached hydrogens (tertiary/aromatic N) is 1. The van der Waals surface area contributed by atoms with Gasteiger partial charge in [-0.3, -0.25) is 9.59 Å². The topological polar surface area (TPSA) is 122 Å². The summed E-state index contributed by atoms with van der Waals surface area (Å²) in [5.41, 5.74) is -0.170. The zero-order valence-electron chi connectivity index (χ0n) is 9.43. The van der Waals surface area contributed by atoms with Crippen LogP contribution in [0.1, 0.15) is 13.3 Å². The monoisotopic (exact) mass is 241 g/mol. The molecular formula is C10H15N3O4. The van der Waals surface area contributed by atoms with Crippen LogP contribution in [0.2, 0.25) is 0 Å². The molecule has 0 saturated carbocycles. The molecule has 0 radical (unpaired) electrons. The first-order valence-corrected chi connectivity index (χ1v) is 4.99. The Hall–Kier alpha value is -2.07. The lowest BCUT2D eigenvalue weighted by molar-refractivity contribution is -0.136. The number of carbonyl (C=O) groups excluding carboxylic acids is 1. The summed E-state index contributed by atoms with van der Waals surface area (Å²) < 4.78 is 0. The number of aliphatic carboxylic acids is 1. The van der Waals surface area contributed by atoms with Crippen LogP contribution < -0.4 is 10.6 Å². The first kappa shape index (κ1) is 14.9. The maximum Gasteiger partial charge on any atom is 0.305 e. The molecule has 1 amide bonds. The van der Waals surface area contributed by atoms with Crippen molar-refractivity contribution in [1.29, 1.82) is 5.26 Å². The Morgan fingerprint density at radius 1 is 1.53 bits per heavy atom. The Morgan fingerprint density at radius 2 is 2.18 bits per heavy atom. The summed E-state index contributed by atoms with van der Waals surface area (Å²) >= 11 is 0. The van der Waals surface area contributed by atoms with Crippen LogP contribution in [-0.4, -0.2) is 41.3 Å². The van der Waals surface area contributed by atoms with Gasteiger partial charge in [0, 0.05) is 19.3 Å². The normalized spacial score (nSPS) is 12.4. The highest BCUT2D eigenvalue weighted by Crippen LogP contribution is 1.91. The summed E-state index contributed by atoms with van der Waals surface area (Å²) in [4.78, 5) is 21.5. The van der Waals surface area contributed by atoms with Crippen LogP contribution >= 0.6 is 0 Å². The highest BCUT2D eigenvalue weighted by atomic mass is 16.4. The van der Waals surface area contributed by atoms with Crippen LogP contribution in [0.25, 0.3) is 0 Å². The van der Waals surface area contributed by atoms with Crippen LogP contribution in [0.4, 0.5) is 0 Å². The number of carboxylic acids is 1. The Balaban J connectivity index is 4.13. The Morgan fingerprint density at radius 3 is 2.65 bits per heavy atom. The van der Waals surface area contributed by atoms with Crippen molar-refractivity contribution in [3.8, 4) is 6.07 Å². The van der Waals surface area contributed by atoms with Gasteiger partial charge in [0.15, 0.2) is 0 Å². The SMILES string of the molecule is CC(O)CN/C=C(/C#N)C(=O)NCCC(=O)O. The van der Waals surface area contributed by atoms with Gasteiger partial charge in [0.2, 0.25) is 0 Å². The lowest BCUT2D eigenvalue weighted by Gasteiger charge is -2.05. The quantitative estimate of drug-likeness (QED) is 0.333. The molecular weight excluding hydrogens is 226 g/mol. The Bertz CT molecular complexity index is 344. The maximum atomic E-state index is 11.3. The van der Waals surface area contributed by atoms with E-state index in [0.717, 1.165) is 0 Å². The summed E-state index contributed by atoms with van der Waals surface area (Å²) in [5.74, 6) is -1.67. The van der Waals surface area contributed by atoms with E-state index in [1.54, 1.807) is 13.0 Å². The van der Waals surface area contributed by atoms with Gasteiger partial charge < -0.3 is 20.8 Å². The highest BCUT2D eigenvalue weighted by molar-refractivity contribution is 5.97. The zero-order valence-corrected chi connectivity index (χ0v) is 9.43. The van der Waals surface area contributed by atoms with Crippen LogP contribution in [0.3, 0.4) is 0 Å². The fraction of sp³-hybridized carbons (Fsp3) is 0.500. The molecule has 0 spiro atoms. The first-order valence-electron chi connectivity index (χ1n) is 4.99. The van der Waals surface area contributed by atoms with E-state index in [4.69, 9.17) is 15.5 Å². The van der Waals surface area contributed by atoms with Crippen LogP contribution in [0, 0.1) is 11.3 Å². The predicted molar refractivity (Wildman–Crippen MR) is 58.6 cm³/mol. The molecule has 94 valence electrons. The molecule has 7 heteroatoms. The molecule has 4 N–H and O–H groups in total. The lowest BCUT2D eigenvalue weighted by atomic mass is 10.3. The van der Waals surface area contributed by atoms with Crippen molar-refractivity contribution < 1.29 is 19.8 Å². The van der Waals surface area contributed by atoms with Crippen molar-refractivity contribution in [1.82, 2.24) is 10.6 Å². The molecule has 0 aromatic rings. The second-order valence-corrected chi connectivity index (χ2v) is 3.33. The number of nitrogens with one attached hydrogen (secondary N) is 2. The second-order valence-electron chi connectivity index (χ2n) is 3.33. The lowest BCUT2D eigenvalue weighted by Crippen LogP contribution is -2.28. The molecule has 0 aliphatic heterocycles. The minimum atomic E-state index is -1.03. The largest absolute Gasteiger partial charge is 0.481 e. The predicted octanol–water partition coefficient (Wildman–Crippen LogP) is -1.04. The molecule has 0 heterocycles. The first-order chi connectivity index (χ1) is 7.97. The molecule has 0 aliphatic rings. The number of rotatable bonds is 7. The van der Waals surface area contributed by atoms with Gasteiger partial charge in [-0.1, -0.05) is 0 Å². The maximum absolute atomic E-state index is 11.3. The minimum absolute atomic E-state index is 0.0381. The summed E-state index contributed by atoms with van der Waals surface area (Å²) in [7, 11) is 0. The minimum Gasteiger partial charge on any atom is -0.481 e. The second kappa shape index (κ2) is 8.13. The summed E-state index contributed by atoms with van der Waals surface area (Å²) in [6.07, 6.45) is 0.384. The molecule has 1 atom stereocenters.